The first-order chi connectivity index (χ1) is 7.61. The molecule has 0 saturated carbocycles. The molecule has 16 heavy (non-hydrogen) atoms. The van der Waals surface area contributed by atoms with E-state index in [2.05, 4.69) is 15.6 Å². The van der Waals surface area contributed by atoms with E-state index in [1.807, 2.05) is 0 Å². The third-order valence-electron chi connectivity index (χ3n) is 2.25. The van der Waals surface area contributed by atoms with Crippen LogP contribution in [0.25, 0.3) is 0 Å². The summed E-state index contributed by atoms with van der Waals surface area (Å²) in [5, 5.41) is 5.00. The van der Waals surface area contributed by atoms with E-state index in [-0.39, 0.29) is 11.9 Å². The molecule has 1 aliphatic rings. The predicted octanol–water partition coefficient (Wildman–Crippen LogP) is -0.0734. The minimum atomic E-state index is -0.393. The molecule has 2 rings (SSSR count). The first-order valence-electron chi connectivity index (χ1n) is 4.61. The number of nitrogens with two attached hydrogens (primary N) is 1. The lowest BCUT2D eigenvalue weighted by atomic mass is 10.1. The summed E-state index contributed by atoms with van der Waals surface area (Å²) in [5.74, 6) is -0.524. The van der Waals surface area contributed by atoms with Crippen molar-refractivity contribution in [2.75, 3.05) is 12.4 Å². The molecule has 6 heteroatoms. The van der Waals surface area contributed by atoms with Gasteiger partial charge in [-0.25, -0.2) is 0 Å². The van der Waals surface area contributed by atoms with Gasteiger partial charge in [-0.3, -0.25) is 19.9 Å². The lowest BCUT2D eigenvalue weighted by Crippen LogP contribution is -2.22. The first-order valence-corrected chi connectivity index (χ1v) is 4.61. The highest BCUT2D eigenvalue weighted by Crippen LogP contribution is 2.19. The normalized spacial score (nSPS) is 14.7. The molecular weight excluding hydrogens is 208 g/mol. The van der Waals surface area contributed by atoms with E-state index in [0.29, 0.717) is 16.8 Å². The van der Waals surface area contributed by atoms with Crippen molar-refractivity contribution in [1.29, 1.82) is 0 Å². The van der Waals surface area contributed by atoms with Crippen LogP contribution in [0.4, 0.5) is 5.69 Å². The largest absolute Gasteiger partial charge is 0.370 e. The maximum Gasteiger partial charge on any atom is 0.259 e. The summed E-state index contributed by atoms with van der Waals surface area (Å²) in [7, 11) is 1.55. The monoisotopic (exact) mass is 218 g/mol. The summed E-state index contributed by atoms with van der Waals surface area (Å²) in [6.45, 7) is 0. The summed E-state index contributed by atoms with van der Waals surface area (Å²) >= 11 is 0. The Balaban J connectivity index is 2.37. The number of aliphatic imine (C=N–C) groups is 1. The van der Waals surface area contributed by atoms with Crippen molar-refractivity contribution in [2.45, 2.75) is 0 Å². The van der Waals surface area contributed by atoms with Crippen molar-refractivity contribution in [2.24, 2.45) is 10.7 Å². The highest BCUT2D eigenvalue weighted by molar-refractivity contribution is 6.22. The molecule has 0 saturated heterocycles. The number of rotatable bonds is 1. The molecular formula is C10H10N4O2. The fraction of sp³-hybridized carbons (Fsp3) is 0.100. The van der Waals surface area contributed by atoms with Crippen LogP contribution in [0.5, 0.6) is 0 Å². The third-order valence-corrected chi connectivity index (χ3v) is 2.25. The van der Waals surface area contributed by atoms with Crippen LogP contribution in [0, 0.1) is 0 Å². The first kappa shape index (κ1) is 10.2. The van der Waals surface area contributed by atoms with Gasteiger partial charge in [0.2, 0.25) is 0 Å². The van der Waals surface area contributed by atoms with E-state index in [0.717, 1.165) is 0 Å². The van der Waals surface area contributed by atoms with E-state index < -0.39 is 5.91 Å². The van der Waals surface area contributed by atoms with E-state index in [1.165, 1.54) is 0 Å². The molecule has 0 atom stereocenters. The highest BCUT2D eigenvalue weighted by Gasteiger charge is 2.26. The van der Waals surface area contributed by atoms with Gasteiger partial charge in [-0.1, -0.05) is 0 Å². The lowest BCUT2D eigenvalue weighted by molar-refractivity contribution is 0.0879. The number of amides is 2. The van der Waals surface area contributed by atoms with Gasteiger partial charge in [-0.05, 0) is 18.2 Å². The number of nitrogens with one attached hydrogen (secondary N) is 2. The van der Waals surface area contributed by atoms with Crippen LogP contribution < -0.4 is 16.4 Å². The maximum atomic E-state index is 11.4. The number of anilines is 1. The van der Waals surface area contributed by atoms with Crippen LogP contribution in [0.15, 0.2) is 23.2 Å². The zero-order valence-electron chi connectivity index (χ0n) is 8.57. The van der Waals surface area contributed by atoms with Crippen molar-refractivity contribution in [1.82, 2.24) is 5.32 Å². The Labute approximate surface area is 91.5 Å². The quantitative estimate of drug-likeness (QED) is 0.349. The summed E-state index contributed by atoms with van der Waals surface area (Å²) < 4.78 is 0. The third kappa shape index (κ3) is 1.60. The molecule has 0 radical (unpaired) electrons. The Morgan fingerprint density at radius 3 is 2.69 bits per heavy atom. The molecule has 0 fully saturated rings. The Hall–Kier alpha value is -2.37. The molecule has 2 amide bonds. The molecule has 82 valence electrons. The lowest BCUT2D eigenvalue weighted by Gasteiger charge is -2.05. The van der Waals surface area contributed by atoms with E-state index >= 15 is 0 Å². The molecule has 6 nitrogen and oxygen atoms in total. The number of hydrogen-bond donors (Lipinski definition) is 3. The number of fused-ring (bicyclic) bond motifs is 1. The van der Waals surface area contributed by atoms with Crippen LogP contribution >= 0.6 is 0 Å². The molecule has 1 aromatic rings. The number of nitrogens with zero attached hydrogens (tertiary/aromatic N) is 1. The Kier molecular flexibility index (Phi) is 2.32. The topological polar surface area (TPSA) is 96.6 Å². The van der Waals surface area contributed by atoms with Crippen molar-refractivity contribution in [3.05, 3.63) is 29.3 Å². The van der Waals surface area contributed by atoms with Gasteiger partial charge >= 0.3 is 0 Å². The minimum Gasteiger partial charge on any atom is -0.370 e. The molecule has 1 aliphatic heterocycles. The van der Waals surface area contributed by atoms with Gasteiger partial charge in [0.1, 0.15) is 0 Å². The molecule has 1 aromatic carbocycles. The highest BCUT2D eigenvalue weighted by atomic mass is 16.2. The standard InChI is InChI=1S/C10H10N4O2/c1-12-10(11)13-5-2-3-6-7(4-5)9(16)14-8(6)15/h2-4H,1H3,(H3,11,12,13)(H,14,15,16). The van der Waals surface area contributed by atoms with Crippen molar-refractivity contribution >= 4 is 23.5 Å². The van der Waals surface area contributed by atoms with Crippen LogP contribution in [0.2, 0.25) is 0 Å². The fourth-order valence-electron chi connectivity index (χ4n) is 1.45. The Bertz CT molecular complexity index is 508. The second kappa shape index (κ2) is 3.65. The number of guanidine groups is 1. The van der Waals surface area contributed by atoms with Gasteiger partial charge in [0.05, 0.1) is 11.1 Å². The maximum absolute atomic E-state index is 11.4. The zero-order valence-corrected chi connectivity index (χ0v) is 8.57. The number of carbonyl (C=O) groups is 2. The van der Waals surface area contributed by atoms with Crippen LogP contribution in [-0.2, 0) is 0 Å². The molecule has 0 spiro atoms. The average Bonchev–Trinajstić information content (AvgIpc) is 2.54. The van der Waals surface area contributed by atoms with E-state index in [9.17, 15) is 9.59 Å². The SMILES string of the molecule is CN=C(N)Nc1ccc2c(c1)C(=O)NC2=O. The molecule has 0 unspecified atom stereocenters. The summed E-state index contributed by atoms with van der Waals surface area (Å²) in [6.07, 6.45) is 0. The van der Waals surface area contributed by atoms with Gasteiger partial charge < -0.3 is 11.1 Å². The number of carbonyl (C=O) groups excluding carboxylic acids is 2. The summed E-state index contributed by atoms with van der Waals surface area (Å²) in [5.41, 5.74) is 6.82. The van der Waals surface area contributed by atoms with Crippen molar-refractivity contribution < 1.29 is 9.59 Å². The smallest absolute Gasteiger partial charge is 0.259 e. The molecule has 4 N–H and O–H groups in total. The van der Waals surface area contributed by atoms with Gasteiger partial charge in [0.15, 0.2) is 5.96 Å². The molecule has 0 bridgehead atoms. The van der Waals surface area contributed by atoms with Gasteiger partial charge in [0, 0.05) is 12.7 Å². The Morgan fingerprint density at radius 1 is 1.31 bits per heavy atom. The number of imide groups is 1. The molecule has 1 heterocycles. The van der Waals surface area contributed by atoms with Crippen molar-refractivity contribution in [3.63, 3.8) is 0 Å². The molecule has 0 aromatic heterocycles. The molecule has 0 aliphatic carbocycles. The van der Waals surface area contributed by atoms with E-state index in [4.69, 9.17) is 5.73 Å². The fourth-order valence-corrected chi connectivity index (χ4v) is 1.45. The average molecular weight is 218 g/mol. The predicted molar refractivity (Wildman–Crippen MR) is 59.4 cm³/mol. The second-order valence-corrected chi connectivity index (χ2v) is 3.28. The summed E-state index contributed by atoms with van der Waals surface area (Å²) in [6, 6.07) is 4.80. The second-order valence-electron chi connectivity index (χ2n) is 3.28. The van der Waals surface area contributed by atoms with Crippen LogP contribution in [0.3, 0.4) is 0 Å². The Morgan fingerprint density at radius 2 is 2.00 bits per heavy atom. The van der Waals surface area contributed by atoms with Gasteiger partial charge in [0.25, 0.3) is 11.8 Å². The van der Waals surface area contributed by atoms with Crippen LogP contribution in [-0.4, -0.2) is 24.8 Å². The number of benzene rings is 1. The van der Waals surface area contributed by atoms with Crippen LogP contribution in [0.1, 0.15) is 20.7 Å². The van der Waals surface area contributed by atoms with Crippen molar-refractivity contribution in [3.8, 4) is 0 Å². The van der Waals surface area contributed by atoms with E-state index in [1.54, 1.807) is 25.2 Å². The van der Waals surface area contributed by atoms with Gasteiger partial charge in [-0.15, -0.1) is 0 Å². The number of hydrogen-bond acceptors (Lipinski definition) is 3. The zero-order chi connectivity index (χ0) is 11.7. The summed E-state index contributed by atoms with van der Waals surface area (Å²) in [4.78, 5) is 26.4. The minimum absolute atomic E-state index is 0.240. The van der Waals surface area contributed by atoms with Gasteiger partial charge in [-0.2, -0.15) is 0 Å².